The molecule has 2 N–H and O–H groups in total. The van der Waals surface area contributed by atoms with Crippen molar-refractivity contribution < 1.29 is 4.79 Å². The van der Waals surface area contributed by atoms with Crippen molar-refractivity contribution >= 4 is 34.4 Å². The van der Waals surface area contributed by atoms with Crippen LogP contribution in [0.4, 0.5) is 11.5 Å². The van der Waals surface area contributed by atoms with Crippen LogP contribution in [-0.2, 0) is 4.79 Å². The molecule has 6 heteroatoms. The number of benzene rings is 1. The Morgan fingerprint density at radius 3 is 2.53 bits per heavy atom. The zero-order chi connectivity index (χ0) is 24.4. The Hall–Kier alpha value is -3.41. The van der Waals surface area contributed by atoms with Crippen LogP contribution < -0.4 is 10.6 Å². The van der Waals surface area contributed by atoms with Gasteiger partial charge in [-0.05, 0) is 74.3 Å². The Morgan fingerprint density at radius 1 is 1.00 bits per heavy atom. The number of carbonyl (C=O) groups excluding carboxylic acids is 1. The van der Waals surface area contributed by atoms with Crippen LogP contribution in [0.15, 0.2) is 43.0 Å². The standard InChI is InChI=1S/C30H33N5O/c1-2-21-15-23(22-5-3-4-6-26(22)32-21)24-16-25(31)29(33-28(24)19-9-10-19)34-13-14-35(30(36)20-11-12-20)27(17-34)18-7-8-18/h2-6,15-16,18-20,27H,1,7-14,17,31H2/t27-/m0/s1. The van der Waals surface area contributed by atoms with E-state index >= 15 is 0 Å². The molecule has 0 radical (unpaired) electrons. The van der Waals surface area contributed by atoms with E-state index in [2.05, 4.69) is 40.6 Å². The highest BCUT2D eigenvalue weighted by molar-refractivity contribution is 5.97. The topological polar surface area (TPSA) is 75.3 Å². The molecular weight excluding hydrogens is 446 g/mol. The van der Waals surface area contributed by atoms with Gasteiger partial charge in [0.05, 0.1) is 28.6 Å². The van der Waals surface area contributed by atoms with Crippen LogP contribution in [-0.4, -0.2) is 46.5 Å². The van der Waals surface area contributed by atoms with Crippen molar-refractivity contribution in [2.45, 2.75) is 50.5 Å². The van der Waals surface area contributed by atoms with Crippen LogP contribution in [0.25, 0.3) is 28.1 Å². The number of hydrogen-bond donors (Lipinski definition) is 1. The van der Waals surface area contributed by atoms with Gasteiger partial charge in [0.2, 0.25) is 5.91 Å². The Balaban J connectivity index is 1.27. The Morgan fingerprint density at radius 2 is 1.81 bits per heavy atom. The number of nitrogen functional groups attached to an aromatic ring is 1. The SMILES string of the molecule is C=Cc1cc(-c2cc(N)c(N3CCN(C(=O)C4CC4)[C@H](C4CC4)C3)nc2C2CC2)c2ccccc2n1. The first-order chi connectivity index (χ1) is 17.6. The maximum atomic E-state index is 13.0. The summed E-state index contributed by atoms with van der Waals surface area (Å²) in [5, 5.41) is 1.11. The number of piperazine rings is 1. The number of fused-ring (bicyclic) bond motifs is 1. The molecule has 3 aliphatic carbocycles. The molecule has 1 saturated heterocycles. The summed E-state index contributed by atoms with van der Waals surface area (Å²) in [5.41, 5.74) is 12.7. The lowest BCUT2D eigenvalue weighted by molar-refractivity contribution is -0.135. The van der Waals surface area contributed by atoms with Gasteiger partial charge in [-0.1, -0.05) is 24.8 Å². The molecule has 1 atom stereocenters. The second-order valence-corrected chi connectivity index (χ2v) is 11.1. The third-order valence-corrected chi connectivity index (χ3v) is 8.35. The number of aromatic nitrogens is 2. The second-order valence-electron chi connectivity index (χ2n) is 11.1. The first-order valence-electron chi connectivity index (χ1n) is 13.5. The quantitative estimate of drug-likeness (QED) is 0.524. The van der Waals surface area contributed by atoms with Gasteiger partial charge in [0.15, 0.2) is 5.82 Å². The van der Waals surface area contributed by atoms with Crippen molar-refractivity contribution in [1.82, 2.24) is 14.9 Å². The van der Waals surface area contributed by atoms with E-state index in [4.69, 9.17) is 15.7 Å². The summed E-state index contributed by atoms with van der Waals surface area (Å²) in [4.78, 5) is 27.5. The minimum absolute atomic E-state index is 0.275. The Bertz CT molecular complexity index is 1370. The fraction of sp³-hybridized carbons (Fsp3) is 0.433. The highest BCUT2D eigenvalue weighted by atomic mass is 16.2. The molecule has 4 aliphatic rings. The van der Waals surface area contributed by atoms with E-state index in [-0.39, 0.29) is 12.0 Å². The smallest absolute Gasteiger partial charge is 0.226 e. The van der Waals surface area contributed by atoms with E-state index in [1.807, 2.05) is 12.1 Å². The molecule has 0 spiro atoms. The molecule has 36 heavy (non-hydrogen) atoms. The molecule has 2 aromatic heterocycles. The summed E-state index contributed by atoms with van der Waals surface area (Å²) in [6.07, 6.45) is 8.71. The van der Waals surface area contributed by atoms with Crippen LogP contribution in [0.3, 0.4) is 0 Å². The summed E-state index contributed by atoms with van der Waals surface area (Å²) in [7, 11) is 0. The van der Waals surface area contributed by atoms with E-state index in [0.29, 0.717) is 23.4 Å². The summed E-state index contributed by atoms with van der Waals surface area (Å²) in [6.45, 7) is 6.36. The number of carbonyl (C=O) groups is 1. The van der Waals surface area contributed by atoms with Crippen molar-refractivity contribution in [2.24, 2.45) is 11.8 Å². The number of para-hydroxylation sites is 1. The predicted octanol–water partition coefficient (Wildman–Crippen LogP) is 5.24. The van der Waals surface area contributed by atoms with Crippen LogP contribution >= 0.6 is 0 Å². The van der Waals surface area contributed by atoms with Gasteiger partial charge in [0, 0.05) is 42.4 Å². The number of anilines is 2. The first kappa shape index (κ1) is 21.8. The molecule has 7 rings (SSSR count). The Kier molecular flexibility index (Phi) is 5.05. The number of rotatable bonds is 6. The van der Waals surface area contributed by atoms with Crippen LogP contribution in [0.1, 0.15) is 55.8 Å². The lowest BCUT2D eigenvalue weighted by Gasteiger charge is -2.43. The number of amides is 1. The van der Waals surface area contributed by atoms with Gasteiger partial charge >= 0.3 is 0 Å². The molecular formula is C30H33N5O. The predicted molar refractivity (Wildman–Crippen MR) is 145 cm³/mol. The van der Waals surface area contributed by atoms with Gasteiger partial charge in [-0.15, -0.1) is 0 Å². The molecule has 0 bridgehead atoms. The third-order valence-electron chi connectivity index (χ3n) is 8.35. The molecule has 0 unspecified atom stereocenters. The van der Waals surface area contributed by atoms with Gasteiger partial charge in [0.25, 0.3) is 0 Å². The fourth-order valence-electron chi connectivity index (χ4n) is 5.92. The average molecular weight is 480 g/mol. The van der Waals surface area contributed by atoms with Crippen LogP contribution in [0.2, 0.25) is 0 Å². The molecule has 1 amide bonds. The van der Waals surface area contributed by atoms with Crippen LogP contribution in [0, 0.1) is 11.8 Å². The molecule has 3 saturated carbocycles. The number of nitrogens with two attached hydrogens (primary N) is 1. The monoisotopic (exact) mass is 479 g/mol. The van der Waals surface area contributed by atoms with E-state index in [9.17, 15) is 4.79 Å². The lowest BCUT2D eigenvalue weighted by atomic mass is 9.96. The van der Waals surface area contributed by atoms with Gasteiger partial charge in [0.1, 0.15) is 0 Å². The summed E-state index contributed by atoms with van der Waals surface area (Å²) in [5.74, 6) is 2.64. The second kappa shape index (κ2) is 8.32. The van der Waals surface area contributed by atoms with E-state index in [1.54, 1.807) is 6.08 Å². The normalized spacial score (nSPS) is 22.2. The number of hydrogen-bond acceptors (Lipinski definition) is 5. The molecule has 1 aromatic carbocycles. The van der Waals surface area contributed by atoms with E-state index in [0.717, 1.165) is 84.6 Å². The number of pyridine rings is 2. The van der Waals surface area contributed by atoms with Crippen molar-refractivity contribution in [2.75, 3.05) is 30.3 Å². The summed E-state index contributed by atoms with van der Waals surface area (Å²) < 4.78 is 0. The Labute approximate surface area is 212 Å². The van der Waals surface area contributed by atoms with Crippen LogP contribution in [0.5, 0.6) is 0 Å². The highest BCUT2D eigenvalue weighted by Crippen LogP contribution is 2.47. The first-order valence-corrected chi connectivity index (χ1v) is 13.5. The van der Waals surface area contributed by atoms with E-state index in [1.165, 1.54) is 12.8 Å². The maximum absolute atomic E-state index is 13.0. The fourth-order valence-corrected chi connectivity index (χ4v) is 5.92. The molecule has 3 aromatic rings. The van der Waals surface area contributed by atoms with Gasteiger partial charge in [-0.2, -0.15) is 0 Å². The van der Waals surface area contributed by atoms with Gasteiger partial charge < -0.3 is 15.5 Å². The molecule has 4 fully saturated rings. The zero-order valence-electron chi connectivity index (χ0n) is 20.7. The van der Waals surface area contributed by atoms with E-state index < -0.39 is 0 Å². The summed E-state index contributed by atoms with van der Waals surface area (Å²) in [6, 6.07) is 12.8. The molecule has 3 heterocycles. The molecule has 6 nitrogen and oxygen atoms in total. The maximum Gasteiger partial charge on any atom is 0.226 e. The highest BCUT2D eigenvalue weighted by Gasteiger charge is 2.45. The van der Waals surface area contributed by atoms with Crippen molar-refractivity contribution in [1.29, 1.82) is 0 Å². The largest absolute Gasteiger partial charge is 0.396 e. The van der Waals surface area contributed by atoms with Gasteiger partial charge in [-0.3, -0.25) is 4.79 Å². The molecule has 1 aliphatic heterocycles. The van der Waals surface area contributed by atoms with Gasteiger partial charge in [-0.25, -0.2) is 9.97 Å². The minimum Gasteiger partial charge on any atom is -0.396 e. The van der Waals surface area contributed by atoms with Crippen molar-refractivity contribution in [3.05, 3.63) is 54.4 Å². The van der Waals surface area contributed by atoms with Crippen molar-refractivity contribution in [3.63, 3.8) is 0 Å². The van der Waals surface area contributed by atoms with Crippen molar-refractivity contribution in [3.8, 4) is 11.1 Å². The lowest BCUT2D eigenvalue weighted by Crippen LogP contribution is -2.57. The number of nitrogens with zero attached hydrogens (tertiary/aromatic N) is 4. The third kappa shape index (κ3) is 3.83. The molecule has 184 valence electrons. The average Bonchev–Trinajstić information content (AvgIpc) is 3.76. The summed E-state index contributed by atoms with van der Waals surface area (Å²) >= 11 is 0. The zero-order valence-corrected chi connectivity index (χ0v) is 20.7. The minimum atomic E-state index is 0.275.